The molecule has 0 saturated heterocycles. The quantitative estimate of drug-likeness (QED) is 0.107. The lowest BCUT2D eigenvalue weighted by atomic mass is 10.0. The molecule has 0 aliphatic heterocycles. The van der Waals surface area contributed by atoms with Crippen molar-refractivity contribution in [1.29, 1.82) is 0 Å². The maximum absolute atomic E-state index is 11.0. The van der Waals surface area contributed by atoms with Crippen molar-refractivity contribution in [1.82, 2.24) is 0 Å². The van der Waals surface area contributed by atoms with Gasteiger partial charge >= 0.3 is 11.9 Å². The summed E-state index contributed by atoms with van der Waals surface area (Å²) in [5.41, 5.74) is 0. The molecule has 0 rings (SSSR count). The van der Waals surface area contributed by atoms with Crippen LogP contribution in [-0.2, 0) is 9.59 Å². The van der Waals surface area contributed by atoms with Gasteiger partial charge in [0.05, 0.1) is 12.3 Å². The van der Waals surface area contributed by atoms with Crippen LogP contribution in [0.5, 0.6) is 0 Å². The molecule has 32 heavy (non-hydrogen) atoms. The van der Waals surface area contributed by atoms with Crippen molar-refractivity contribution in [2.24, 2.45) is 5.92 Å². The summed E-state index contributed by atoms with van der Waals surface area (Å²) in [5.74, 6) is -2.89. The normalized spacial score (nSPS) is 12.4. The minimum absolute atomic E-state index is 0.306. The molecule has 0 aromatic carbocycles. The van der Waals surface area contributed by atoms with Crippen molar-refractivity contribution in [3.8, 4) is 0 Å². The Morgan fingerprint density at radius 3 is 1.31 bits per heavy atom. The zero-order valence-electron chi connectivity index (χ0n) is 21.0. The second-order valence-corrected chi connectivity index (χ2v) is 9.49. The van der Waals surface area contributed by atoms with Gasteiger partial charge in [0.1, 0.15) is 0 Å². The molecule has 0 aliphatic carbocycles. The average molecular weight is 453 g/mol. The minimum Gasteiger partial charge on any atom is -0.481 e. The zero-order chi connectivity index (χ0) is 23.7. The fourth-order valence-corrected chi connectivity index (χ4v) is 4.20. The summed E-state index contributed by atoms with van der Waals surface area (Å²) in [5, 5.41) is 17.7. The first-order valence-corrected chi connectivity index (χ1v) is 13.7. The number of rotatable bonds is 25. The number of carboxylic acid groups (broad SMARTS) is 2. The molecule has 0 heterocycles. The Balaban J connectivity index is 3.26. The van der Waals surface area contributed by atoms with Crippen molar-refractivity contribution in [3.05, 3.63) is 12.2 Å². The van der Waals surface area contributed by atoms with E-state index in [-0.39, 0.29) is 6.42 Å². The Morgan fingerprint density at radius 1 is 0.594 bits per heavy atom. The lowest BCUT2D eigenvalue weighted by Gasteiger charge is -2.05. The molecule has 188 valence electrons. The SMILES string of the molecule is CCCCCCCCCCCCCCCCCCCCC/C=C/CC(CC(=O)O)C(=O)O. The van der Waals surface area contributed by atoms with E-state index in [1.807, 2.05) is 12.2 Å². The van der Waals surface area contributed by atoms with Crippen molar-refractivity contribution >= 4 is 11.9 Å². The molecule has 4 nitrogen and oxygen atoms in total. The van der Waals surface area contributed by atoms with Crippen LogP contribution in [0, 0.1) is 5.92 Å². The van der Waals surface area contributed by atoms with Crippen LogP contribution in [0.3, 0.4) is 0 Å². The standard InChI is InChI=1S/C28H52O4/c1-2-3-4-5-6-7-8-9-10-11-12-13-14-15-16-17-18-19-20-21-22-23-24-26(28(31)32)25-27(29)30/h22-23,26H,2-21,24-25H2,1H3,(H,29,30)(H,31,32)/b23-22+. The maximum Gasteiger partial charge on any atom is 0.307 e. The van der Waals surface area contributed by atoms with Gasteiger partial charge in [-0.3, -0.25) is 9.59 Å². The molecule has 0 saturated carbocycles. The highest BCUT2D eigenvalue weighted by Gasteiger charge is 2.19. The molecule has 0 spiro atoms. The van der Waals surface area contributed by atoms with Gasteiger partial charge in [-0.2, -0.15) is 0 Å². The highest BCUT2D eigenvalue weighted by molar-refractivity contribution is 5.77. The van der Waals surface area contributed by atoms with E-state index < -0.39 is 17.9 Å². The first kappa shape index (κ1) is 30.7. The number of unbranched alkanes of at least 4 members (excludes halogenated alkanes) is 19. The van der Waals surface area contributed by atoms with E-state index in [0.717, 1.165) is 12.8 Å². The Morgan fingerprint density at radius 2 is 0.969 bits per heavy atom. The van der Waals surface area contributed by atoms with Gasteiger partial charge in [-0.25, -0.2) is 0 Å². The molecule has 0 aliphatic rings. The van der Waals surface area contributed by atoms with Gasteiger partial charge < -0.3 is 10.2 Å². The van der Waals surface area contributed by atoms with Crippen LogP contribution >= 0.6 is 0 Å². The number of carboxylic acids is 2. The number of allylic oxidation sites excluding steroid dienone is 2. The van der Waals surface area contributed by atoms with Crippen LogP contribution in [0.15, 0.2) is 12.2 Å². The Labute approximate surface area is 198 Å². The second kappa shape index (κ2) is 24.3. The predicted molar refractivity (Wildman–Crippen MR) is 135 cm³/mol. The van der Waals surface area contributed by atoms with E-state index in [0.29, 0.717) is 6.42 Å². The van der Waals surface area contributed by atoms with Gasteiger partial charge in [0, 0.05) is 0 Å². The molecular weight excluding hydrogens is 400 g/mol. The van der Waals surface area contributed by atoms with E-state index in [9.17, 15) is 9.59 Å². The number of hydrogen-bond donors (Lipinski definition) is 2. The van der Waals surface area contributed by atoms with Gasteiger partial charge in [0.15, 0.2) is 0 Å². The first-order chi connectivity index (χ1) is 15.6. The van der Waals surface area contributed by atoms with E-state index in [1.165, 1.54) is 116 Å². The average Bonchev–Trinajstić information content (AvgIpc) is 2.76. The second-order valence-electron chi connectivity index (χ2n) is 9.49. The van der Waals surface area contributed by atoms with Crippen LogP contribution in [0.2, 0.25) is 0 Å². The third-order valence-corrected chi connectivity index (χ3v) is 6.33. The fourth-order valence-electron chi connectivity index (χ4n) is 4.20. The van der Waals surface area contributed by atoms with Gasteiger partial charge in [-0.1, -0.05) is 135 Å². The molecule has 0 radical (unpaired) electrons. The summed E-state index contributed by atoms with van der Waals surface area (Å²) in [4.78, 5) is 21.6. The van der Waals surface area contributed by atoms with Crippen LogP contribution in [0.4, 0.5) is 0 Å². The first-order valence-electron chi connectivity index (χ1n) is 13.7. The molecular formula is C28H52O4. The number of hydrogen-bond acceptors (Lipinski definition) is 2. The summed E-state index contributed by atoms with van der Waals surface area (Å²) in [6.07, 6.45) is 30.9. The maximum atomic E-state index is 11.0. The molecule has 1 atom stereocenters. The summed E-state index contributed by atoms with van der Waals surface area (Å²) < 4.78 is 0. The topological polar surface area (TPSA) is 74.6 Å². The molecule has 1 unspecified atom stereocenters. The molecule has 2 N–H and O–H groups in total. The van der Waals surface area contributed by atoms with Crippen LogP contribution in [0.1, 0.15) is 148 Å². The molecule has 0 fully saturated rings. The van der Waals surface area contributed by atoms with E-state index >= 15 is 0 Å². The molecule has 4 heteroatoms. The van der Waals surface area contributed by atoms with Crippen molar-refractivity contribution in [3.63, 3.8) is 0 Å². The van der Waals surface area contributed by atoms with Gasteiger partial charge in [0.2, 0.25) is 0 Å². The zero-order valence-corrected chi connectivity index (χ0v) is 21.0. The van der Waals surface area contributed by atoms with Gasteiger partial charge in [0.25, 0.3) is 0 Å². The third kappa shape index (κ3) is 23.3. The Kier molecular flexibility index (Phi) is 23.3. The van der Waals surface area contributed by atoms with Gasteiger partial charge in [-0.15, -0.1) is 0 Å². The van der Waals surface area contributed by atoms with Crippen LogP contribution in [0.25, 0.3) is 0 Å². The fraction of sp³-hybridized carbons (Fsp3) is 0.857. The highest BCUT2D eigenvalue weighted by atomic mass is 16.4. The third-order valence-electron chi connectivity index (χ3n) is 6.33. The Hall–Kier alpha value is -1.32. The Bertz CT molecular complexity index is 458. The van der Waals surface area contributed by atoms with Crippen LogP contribution in [-0.4, -0.2) is 22.2 Å². The lowest BCUT2D eigenvalue weighted by molar-refractivity contribution is -0.148. The van der Waals surface area contributed by atoms with E-state index in [1.54, 1.807) is 0 Å². The number of carbonyl (C=O) groups is 2. The lowest BCUT2D eigenvalue weighted by Crippen LogP contribution is -2.16. The molecule has 0 aromatic rings. The van der Waals surface area contributed by atoms with E-state index in [4.69, 9.17) is 10.2 Å². The molecule has 0 bridgehead atoms. The van der Waals surface area contributed by atoms with Crippen molar-refractivity contribution in [2.75, 3.05) is 0 Å². The van der Waals surface area contributed by atoms with Crippen LogP contribution < -0.4 is 0 Å². The predicted octanol–water partition coefficient (Wildman–Crippen LogP) is 8.93. The minimum atomic E-state index is -1.05. The highest BCUT2D eigenvalue weighted by Crippen LogP contribution is 2.15. The summed E-state index contributed by atoms with van der Waals surface area (Å²) >= 11 is 0. The summed E-state index contributed by atoms with van der Waals surface area (Å²) in [6.45, 7) is 2.28. The molecule has 0 aromatic heterocycles. The van der Waals surface area contributed by atoms with E-state index in [2.05, 4.69) is 6.92 Å². The number of aliphatic carboxylic acids is 2. The summed E-state index contributed by atoms with van der Waals surface area (Å²) in [6, 6.07) is 0. The molecule has 0 amide bonds. The summed E-state index contributed by atoms with van der Waals surface area (Å²) in [7, 11) is 0. The van der Waals surface area contributed by atoms with Crippen molar-refractivity contribution in [2.45, 2.75) is 148 Å². The van der Waals surface area contributed by atoms with Gasteiger partial charge in [-0.05, 0) is 19.3 Å². The largest absolute Gasteiger partial charge is 0.481 e. The van der Waals surface area contributed by atoms with Crippen molar-refractivity contribution < 1.29 is 19.8 Å². The smallest absolute Gasteiger partial charge is 0.307 e. The monoisotopic (exact) mass is 452 g/mol.